The predicted molar refractivity (Wildman–Crippen MR) is 37.8 cm³/mol. The number of methoxy groups -OCH3 is 1. The number of quaternary nitrogens is 1. The van der Waals surface area contributed by atoms with Gasteiger partial charge in [-0.3, -0.25) is 0 Å². The van der Waals surface area contributed by atoms with E-state index >= 15 is 0 Å². The third-order valence-corrected chi connectivity index (χ3v) is 2.06. The van der Waals surface area contributed by atoms with Crippen molar-refractivity contribution in [3.05, 3.63) is 0 Å². The lowest BCUT2D eigenvalue weighted by Gasteiger charge is -2.11. The zero-order valence-electron chi connectivity index (χ0n) is 6.62. The van der Waals surface area contributed by atoms with Crippen LogP contribution in [0.5, 0.6) is 0 Å². The van der Waals surface area contributed by atoms with Crippen LogP contribution in [0.4, 0.5) is 0 Å². The van der Waals surface area contributed by atoms with Crippen molar-refractivity contribution < 1.29 is 20.0 Å². The first-order chi connectivity index (χ1) is 5.25. The number of hydrogen-bond acceptors (Lipinski definition) is 3. The maximum atomic E-state index is 10.8. The van der Waals surface area contributed by atoms with E-state index in [1.54, 1.807) is 0 Å². The van der Waals surface area contributed by atoms with E-state index in [1.165, 1.54) is 7.11 Å². The van der Waals surface area contributed by atoms with E-state index in [-0.39, 0.29) is 6.04 Å². The second-order valence-corrected chi connectivity index (χ2v) is 2.80. The molecule has 0 radical (unpaired) electrons. The van der Waals surface area contributed by atoms with Crippen LogP contribution >= 0.6 is 0 Å². The van der Waals surface area contributed by atoms with E-state index in [4.69, 9.17) is 0 Å². The quantitative estimate of drug-likeness (QED) is 0.471. The van der Waals surface area contributed by atoms with E-state index in [0.29, 0.717) is 0 Å². The lowest BCUT2D eigenvalue weighted by molar-refractivity contribution is -0.675. The van der Waals surface area contributed by atoms with Crippen LogP contribution in [0.2, 0.25) is 0 Å². The molecule has 1 aliphatic heterocycles. The van der Waals surface area contributed by atoms with Gasteiger partial charge in [-0.05, 0) is 0 Å². The second-order valence-electron chi connectivity index (χ2n) is 2.80. The van der Waals surface area contributed by atoms with E-state index in [1.807, 2.05) is 5.32 Å². The highest BCUT2D eigenvalue weighted by Crippen LogP contribution is 2.03. The van der Waals surface area contributed by atoms with Gasteiger partial charge in [0.1, 0.15) is 6.04 Å². The van der Waals surface area contributed by atoms with Crippen molar-refractivity contribution >= 4 is 5.97 Å². The molecule has 0 aromatic carbocycles. The molecule has 0 aromatic heterocycles. The zero-order valence-corrected chi connectivity index (χ0v) is 6.62. The van der Waals surface area contributed by atoms with Gasteiger partial charge in [-0.2, -0.15) is 0 Å². The van der Waals surface area contributed by atoms with Crippen LogP contribution in [0.3, 0.4) is 0 Å². The number of hydrogen-bond donors (Lipinski definition) is 2. The summed E-state index contributed by atoms with van der Waals surface area (Å²) in [5.74, 6) is -0.520. The van der Waals surface area contributed by atoms with Crippen molar-refractivity contribution in [2.24, 2.45) is 0 Å². The molecule has 0 aliphatic carbocycles. The SMILES string of the molecule is COC(=O)[C@@H](O)[C@@H]1CCC[NH2+]1. The number of aliphatic hydroxyl groups excluding tert-OH is 1. The molecular formula is C7H14NO3+. The molecule has 1 aliphatic rings. The number of rotatable bonds is 2. The zero-order chi connectivity index (χ0) is 8.27. The van der Waals surface area contributed by atoms with Gasteiger partial charge in [0.2, 0.25) is 6.10 Å². The fraction of sp³-hybridized carbons (Fsp3) is 0.857. The van der Waals surface area contributed by atoms with Gasteiger partial charge < -0.3 is 15.2 Å². The Balaban J connectivity index is 2.39. The largest absolute Gasteiger partial charge is 0.467 e. The van der Waals surface area contributed by atoms with Gasteiger partial charge in [0.25, 0.3) is 0 Å². The predicted octanol–water partition coefficient (Wildman–Crippen LogP) is -1.75. The maximum Gasteiger partial charge on any atom is 0.341 e. The average Bonchev–Trinajstić information content (AvgIpc) is 2.53. The Hall–Kier alpha value is -0.610. The van der Waals surface area contributed by atoms with Crippen LogP contribution in [-0.2, 0) is 9.53 Å². The molecule has 0 aromatic rings. The molecule has 0 unspecified atom stereocenters. The Bertz CT molecular complexity index is 143. The highest BCUT2D eigenvalue weighted by Gasteiger charge is 2.32. The molecule has 2 atom stereocenters. The minimum absolute atomic E-state index is 0.0162. The first kappa shape index (κ1) is 8.49. The Morgan fingerprint density at radius 1 is 1.82 bits per heavy atom. The fourth-order valence-corrected chi connectivity index (χ4v) is 1.39. The second kappa shape index (κ2) is 3.69. The number of carbonyl (C=O) groups is 1. The minimum Gasteiger partial charge on any atom is -0.467 e. The van der Waals surface area contributed by atoms with Crippen molar-refractivity contribution in [1.29, 1.82) is 0 Å². The van der Waals surface area contributed by atoms with Gasteiger partial charge in [0.05, 0.1) is 13.7 Å². The minimum atomic E-state index is -0.942. The molecule has 0 spiro atoms. The molecule has 1 rings (SSSR count). The molecule has 4 heteroatoms. The molecular weight excluding hydrogens is 146 g/mol. The molecule has 1 saturated heterocycles. The van der Waals surface area contributed by atoms with Crippen molar-refractivity contribution in [2.75, 3.05) is 13.7 Å². The van der Waals surface area contributed by atoms with Crippen molar-refractivity contribution in [1.82, 2.24) is 0 Å². The number of nitrogens with two attached hydrogens (primary N) is 1. The van der Waals surface area contributed by atoms with Gasteiger partial charge in [0, 0.05) is 12.8 Å². The molecule has 11 heavy (non-hydrogen) atoms. The Kier molecular flexibility index (Phi) is 2.84. The molecule has 1 fully saturated rings. The van der Waals surface area contributed by atoms with Gasteiger partial charge in [-0.25, -0.2) is 4.79 Å². The van der Waals surface area contributed by atoms with Crippen molar-refractivity contribution in [3.63, 3.8) is 0 Å². The Morgan fingerprint density at radius 3 is 3.00 bits per heavy atom. The molecule has 4 nitrogen and oxygen atoms in total. The summed E-state index contributed by atoms with van der Waals surface area (Å²) in [5.41, 5.74) is 0. The lowest BCUT2D eigenvalue weighted by Crippen LogP contribution is -2.89. The fourth-order valence-electron chi connectivity index (χ4n) is 1.39. The van der Waals surface area contributed by atoms with Crippen molar-refractivity contribution in [2.45, 2.75) is 25.0 Å². The summed E-state index contributed by atoms with van der Waals surface area (Å²) in [6, 6.07) is 0.0162. The Labute approximate surface area is 65.5 Å². The summed E-state index contributed by atoms with van der Waals surface area (Å²) >= 11 is 0. The molecule has 1 heterocycles. The van der Waals surface area contributed by atoms with Gasteiger partial charge in [0.15, 0.2) is 0 Å². The number of ether oxygens (including phenoxy) is 1. The number of carbonyl (C=O) groups excluding carboxylic acids is 1. The lowest BCUT2D eigenvalue weighted by atomic mass is 10.1. The van der Waals surface area contributed by atoms with Gasteiger partial charge in [-0.1, -0.05) is 0 Å². The maximum absolute atomic E-state index is 10.8. The first-order valence-electron chi connectivity index (χ1n) is 3.85. The number of esters is 1. The Morgan fingerprint density at radius 2 is 2.55 bits per heavy atom. The summed E-state index contributed by atoms with van der Waals surface area (Å²) in [7, 11) is 1.29. The van der Waals surface area contributed by atoms with E-state index in [9.17, 15) is 9.90 Å². The van der Waals surface area contributed by atoms with Crippen LogP contribution in [0, 0.1) is 0 Å². The van der Waals surface area contributed by atoms with Gasteiger partial charge in [-0.15, -0.1) is 0 Å². The molecule has 0 bridgehead atoms. The topological polar surface area (TPSA) is 63.1 Å². The van der Waals surface area contributed by atoms with E-state index in [0.717, 1.165) is 19.4 Å². The molecule has 3 N–H and O–H groups in total. The summed E-state index contributed by atoms with van der Waals surface area (Å²) in [4.78, 5) is 10.8. The van der Waals surface area contributed by atoms with Gasteiger partial charge >= 0.3 is 5.97 Å². The average molecular weight is 160 g/mol. The summed E-state index contributed by atoms with van der Waals surface area (Å²) in [6.45, 7) is 0.999. The normalized spacial score (nSPS) is 26.5. The standard InChI is InChI=1S/C7H13NO3/c1-11-7(10)6(9)5-3-2-4-8-5/h5-6,8-9H,2-4H2,1H3/p+1/t5-,6-/m0/s1. The third-order valence-electron chi connectivity index (χ3n) is 2.06. The number of aliphatic hydroxyl groups is 1. The van der Waals surface area contributed by atoms with Crippen LogP contribution in [0.25, 0.3) is 0 Å². The van der Waals surface area contributed by atoms with Crippen LogP contribution < -0.4 is 5.32 Å². The van der Waals surface area contributed by atoms with Crippen LogP contribution in [-0.4, -0.2) is 36.9 Å². The summed E-state index contributed by atoms with van der Waals surface area (Å²) < 4.78 is 4.42. The summed E-state index contributed by atoms with van der Waals surface area (Å²) in [6.07, 6.45) is 1.03. The van der Waals surface area contributed by atoms with E-state index < -0.39 is 12.1 Å². The molecule has 0 amide bonds. The summed E-state index contributed by atoms with van der Waals surface area (Å²) in [5, 5.41) is 11.3. The van der Waals surface area contributed by atoms with Crippen LogP contribution in [0.15, 0.2) is 0 Å². The van der Waals surface area contributed by atoms with Crippen molar-refractivity contribution in [3.8, 4) is 0 Å². The smallest absolute Gasteiger partial charge is 0.341 e. The van der Waals surface area contributed by atoms with Crippen LogP contribution in [0.1, 0.15) is 12.8 Å². The first-order valence-corrected chi connectivity index (χ1v) is 3.85. The van der Waals surface area contributed by atoms with E-state index in [2.05, 4.69) is 4.74 Å². The molecule has 64 valence electrons. The highest BCUT2D eigenvalue weighted by atomic mass is 16.5. The monoisotopic (exact) mass is 160 g/mol. The highest BCUT2D eigenvalue weighted by molar-refractivity contribution is 5.74. The third kappa shape index (κ3) is 1.91. The molecule has 0 saturated carbocycles.